The average Bonchev–Trinajstić information content (AvgIpc) is 3.23. The smallest absolute Gasteiger partial charge is 0.266 e. The Morgan fingerprint density at radius 3 is 2.85 bits per heavy atom. The molecule has 26 heavy (non-hydrogen) atoms. The quantitative estimate of drug-likeness (QED) is 0.689. The second-order valence-electron chi connectivity index (χ2n) is 6.72. The van der Waals surface area contributed by atoms with Gasteiger partial charge in [0, 0.05) is 24.8 Å². The molecule has 7 heteroatoms. The summed E-state index contributed by atoms with van der Waals surface area (Å²) in [5, 5.41) is 4.93. The minimum Gasteiger partial charge on any atom is -0.328 e. The highest BCUT2D eigenvalue weighted by Crippen LogP contribution is 2.35. The Balaban J connectivity index is 1.64. The zero-order valence-electron chi connectivity index (χ0n) is 14.8. The molecule has 1 aliphatic heterocycles. The second-order valence-corrected chi connectivity index (χ2v) is 7.75. The third kappa shape index (κ3) is 2.82. The van der Waals surface area contributed by atoms with Crippen molar-refractivity contribution in [3.63, 3.8) is 0 Å². The van der Waals surface area contributed by atoms with Gasteiger partial charge in [-0.05, 0) is 43.5 Å². The molecule has 0 saturated carbocycles. The highest BCUT2D eigenvalue weighted by atomic mass is 32.1. The molecule has 2 unspecified atom stereocenters. The maximum Gasteiger partial charge on any atom is 0.266 e. The molecule has 0 radical (unpaired) electrons. The molecule has 0 N–H and O–H groups in total. The molecule has 3 heterocycles. The van der Waals surface area contributed by atoms with Crippen molar-refractivity contribution in [2.75, 3.05) is 0 Å². The number of rotatable bonds is 2. The number of halogens is 1. The van der Waals surface area contributed by atoms with Gasteiger partial charge in [0.05, 0.1) is 18.4 Å². The molecule has 2 atom stereocenters. The molecular weight excluding hydrogens is 351 g/mol. The van der Waals surface area contributed by atoms with Gasteiger partial charge in [-0.1, -0.05) is 6.07 Å². The van der Waals surface area contributed by atoms with Gasteiger partial charge in [-0.15, -0.1) is 11.3 Å². The lowest BCUT2D eigenvalue weighted by Gasteiger charge is -2.40. The van der Waals surface area contributed by atoms with Crippen LogP contribution in [-0.2, 0) is 13.5 Å². The van der Waals surface area contributed by atoms with Gasteiger partial charge < -0.3 is 4.90 Å². The lowest BCUT2D eigenvalue weighted by atomic mass is 9.89. The molecule has 2 aromatic heterocycles. The predicted molar refractivity (Wildman–Crippen MR) is 98.5 cm³/mol. The van der Waals surface area contributed by atoms with Crippen molar-refractivity contribution in [2.45, 2.75) is 32.4 Å². The monoisotopic (exact) mass is 370 g/mol. The van der Waals surface area contributed by atoms with Gasteiger partial charge in [-0.3, -0.25) is 9.48 Å². The fourth-order valence-electron chi connectivity index (χ4n) is 3.65. The van der Waals surface area contributed by atoms with Crippen molar-refractivity contribution in [1.82, 2.24) is 19.7 Å². The first kappa shape index (κ1) is 16.9. The summed E-state index contributed by atoms with van der Waals surface area (Å²) in [7, 11) is 1.85. The molecule has 0 saturated heterocycles. The van der Waals surface area contributed by atoms with Gasteiger partial charge in [-0.25, -0.2) is 9.37 Å². The number of benzene rings is 1. The van der Waals surface area contributed by atoms with E-state index in [0.29, 0.717) is 11.3 Å². The van der Waals surface area contributed by atoms with E-state index in [1.54, 1.807) is 29.2 Å². The average molecular weight is 370 g/mol. The van der Waals surface area contributed by atoms with Crippen LogP contribution in [0.15, 0.2) is 36.8 Å². The van der Waals surface area contributed by atoms with Crippen molar-refractivity contribution in [3.8, 4) is 10.6 Å². The summed E-state index contributed by atoms with van der Waals surface area (Å²) in [4.78, 5) is 20.0. The number of hydrogen-bond donors (Lipinski definition) is 0. The number of carbonyl (C=O) groups is 1. The summed E-state index contributed by atoms with van der Waals surface area (Å²) in [5.41, 5.74) is 2.89. The van der Waals surface area contributed by atoms with E-state index in [9.17, 15) is 9.18 Å². The second kappa shape index (κ2) is 6.32. The Hall–Kier alpha value is -2.54. The molecule has 1 aliphatic rings. The van der Waals surface area contributed by atoms with E-state index in [-0.39, 0.29) is 23.8 Å². The van der Waals surface area contributed by atoms with Crippen molar-refractivity contribution >= 4 is 17.2 Å². The topological polar surface area (TPSA) is 51.0 Å². The third-order valence-electron chi connectivity index (χ3n) is 4.87. The Bertz CT molecular complexity index is 980. The Morgan fingerprint density at radius 1 is 1.31 bits per heavy atom. The number of hydrogen-bond acceptors (Lipinski definition) is 4. The van der Waals surface area contributed by atoms with Crippen LogP contribution in [0.5, 0.6) is 0 Å². The van der Waals surface area contributed by atoms with Gasteiger partial charge in [0.15, 0.2) is 0 Å². The largest absolute Gasteiger partial charge is 0.328 e. The van der Waals surface area contributed by atoms with Crippen LogP contribution in [0.4, 0.5) is 4.39 Å². The van der Waals surface area contributed by atoms with Gasteiger partial charge in [-0.2, -0.15) is 5.10 Å². The summed E-state index contributed by atoms with van der Waals surface area (Å²) < 4.78 is 15.3. The molecule has 134 valence electrons. The van der Waals surface area contributed by atoms with Gasteiger partial charge in [0.25, 0.3) is 5.91 Å². The molecule has 0 aliphatic carbocycles. The molecular formula is C19H19FN4OS. The maximum absolute atomic E-state index is 13.5. The van der Waals surface area contributed by atoms with Crippen LogP contribution in [0.3, 0.4) is 0 Å². The normalized spacial score (nSPS) is 19.5. The molecule has 5 nitrogen and oxygen atoms in total. The van der Waals surface area contributed by atoms with Crippen molar-refractivity contribution in [2.24, 2.45) is 7.05 Å². The summed E-state index contributed by atoms with van der Waals surface area (Å²) >= 11 is 1.37. The number of nitrogens with zero attached hydrogens (tertiary/aromatic N) is 4. The Labute approximate surface area is 155 Å². The fourth-order valence-corrected chi connectivity index (χ4v) is 4.48. The van der Waals surface area contributed by atoms with E-state index in [4.69, 9.17) is 0 Å². The van der Waals surface area contributed by atoms with E-state index < -0.39 is 0 Å². The first-order valence-corrected chi connectivity index (χ1v) is 9.31. The van der Waals surface area contributed by atoms with Crippen molar-refractivity contribution in [3.05, 3.63) is 58.6 Å². The zero-order valence-corrected chi connectivity index (χ0v) is 15.6. The van der Waals surface area contributed by atoms with E-state index in [0.717, 1.165) is 21.7 Å². The van der Waals surface area contributed by atoms with Gasteiger partial charge in [0.1, 0.15) is 15.7 Å². The summed E-state index contributed by atoms with van der Waals surface area (Å²) in [5.74, 6) is -0.265. The highest BCUT2D eigenvalue weighted by Gasteiger charge is 2.34. The van der Waals surface area contributed by atoms with Crippen LogP contribution in [0.25, 0.3) is 10.6 Å². The number of amides is 1. The lowest BCUT2D eigenvalue weighted by molar-refractivity contribution is 0.0585. The summed E-state index contributed by atoms with van der Waals surface area (Å²) in [6, 6.07) is 4.72. The van der Waals surface area contributed by atoms with E-state index >= 15 is 0 Å². The Morgan fingerprint density at radius 2 is 2.12 bits per heavy atom. The molecule has 3 aromatic rings. The van der Waals surface area contributed by atoms with Crippen molar-refractivity contribution < 1.29 is 9.18 Å². The van der Waals surface area contributed by atoms with E-state index in [1.165, 1.54) is 17.4 Å². The molecule has 1 aromatic carbocycles. The van der Waals surface area contributed by atoms with Crippen LogP contribution >= 0.6 is 11.3 Å². The van der Waals surface area contributed by atoms with E-state index in [1.807, 2.05) is 32.0 Å². The SMILES string of the molecule is CC1Cc2cc(F)ccc2C(C)N1C(=O)c1cnc(-c2cnn(C)c2)s1. The highest BCUT2D eigenvalue weighted by molar-refractivity contribution is 7.16. The molecule has 0 spiro atoms. The third-order valence-corrected chi connectivity index (χ3v) is 5.90. The standard InChI is InChI=1S/C19H19FN4OS/c1-11-6-13-7-15(20)4-5-16(13)12(2)24(11)19(25)17-9-21-18(26-17)14-8-22-23(3)10-14/h4-5,7-12H,6H2,1-3H3. The molecule has 1 amide bonds. The van der Waals surface area contributed by atoms with Gasteiger partial charge in [0.2, 0.25) is 0 Å². The molecule has 4 rings (SSSR count). The molecule has 0 bridgehead atoms. The first-order valence-electron chi connectivity index (χ1n) is 8.50. The number of aromatic nitrogens is 3. The van der Waals surface area contributed by atoms with Gasteiger partial charge >= 0.3 is 0 Å². The first-order chi connectivity index (χ1) is 12.4. The summed E-state index contributed by atoms with van der Waals surface area (Å²) in [6.45, 7) is 4.00. The van der Waals surface area contributed by atoms with Crippen molar-refractivity contribution in [1.29, 1.82) is 0 Å². The lowest BCUT2D eigenvalue weighted by Crippen LogP contribution is -2.44. The minimum atomic E-state index is -0.230. The van der Waals surface area contributed by atoms with E-state index in [2.05, 4.69) is 10.1 Å². The van der Waals surface area contributed by atoms with Crippen LogP contribution in [-0.4, -0.2) is 31.6 Å². The zero-order chi connectivity index (χ0) is 18.4. The fraction of sp³-hybridized carbons (Fsp3) is 0.316. The number of thiazole rings is 1. The number of fused-ring (bicyclic) bond motifs is 1. The molecule has 0 fully saturated rings. The predicted octanol–water partition coefficient (Wildman–Crippen LogP) is 3.83. The minimum absolute atomic E-state index is 0.00394. The summed E-state index contributed by atoms with van der Waals surface area (Å²) in [6.07, 6.45) is 5.90. The van der Waals surface area contributed by atoms with Crippen LogP contribution < -0.4 is 0 Å². The number of aryl methyl sites for hydroxylation is 1. The maximum atomic E-state index is 13.5. The number of carbonyl (C=O) groups excluding carboxylic acids is 1. The Kier molecular flexibility index (Phi) is 4.11. The van der Waals surface area contributed by atoms with Crippen LogP contribution in [0.2, 0.25) is 0 Å². The van der Waals surface area contributed by atoms with Crippen LogP contribution in [0, 0.1) is 5.82 Å². The van der Waals surface area contributed by atoms with Crippen LogP contribution in [0.1, 0.15) is 40.7 Å².